The highest BCUT2D eigenvalue weighted by molar-refractivity contribution is 4.94. The number of rotatable bonds is 5. The Morgan fingerprint density at radius 2 is 1.94 bits per heavy atom. The van der Waals surface area contributed by atoms with Gasteiger partial charge >= 0.3 is 0 Å². The summed E-state index contributed by atoms with van der Waals surface area (Å²) in [6.45, 7) is 0.295. The van der Waals surface area contributed by atoms with Gasteiger partial charge in [-0.1, -0.05) is 0 Å². The molecule has 0 saturated carbocycles. The fourth-order valence-corrected chi connectivity index (χ4v) is 2.04. The lowest BCUT2D eigenvalue weighted by atomic mass is 9.97. The molecular weight excluding hydrogens is 214 g/mol. The summed E-state index contributed by atoms with van der Waals surface area (Å²) in [4.78, 5) is 0. The van der Waals surface area contributed by atoms with E-state index in [1.54, 1.807) is 14.2 Å². The van der Waals surface area contributed by atoms with Gasteiger partial charge in [0.1, 0.15) is 19.7 Å². The fraction of sp³-hybridized carbons (Fsp3) is 1.00. The van der Waals surface area contributed by atoms with Crippen molar-refractivity contribution < 1.29 is 25.5 Å². The van der Waals surface area contributed by atoms with Gasteiger partial charge in [0, 0.05) is 21.3 Å². The molecule has 0 amide bonds. The summed E-state index contributed by atoms with van der Waals surface area (Å²) in [6, 6.07) is -0.599. The summed E-state index contributed by atoms with van der Waals surface area (Å²) in [5.74, 6) is 0. The minimum Gasteiger partial charge on any atom is -0.382 e. The molecule has 1 rings (SSSR count). The van der Waals surface area contributed by atoms with Crippen LogP contribution in [-0.2, 0) is 18.9 Å². The van der Waals surface area contributed by atoms with E-state index in [-0.39, 0.29) is 6.10 Å². The zero-order chi connectivity index (χ0) is 13.0. The first kappa shape index (κ1) is 12.2. The van der Waals surface area contributed by atoms with E-state index in [1.165, 1.54) is 14.2 Å². The molecule has 1 fully saturated rings. The molecule has 16 heavy (non-hydrogen) atoms. The highest BCUT2D eigenvalue weighted by Crippen LogP contribution is 2.24. The van der Waals surface area contributed by atoms with Gasteiger partial charge in [-0.25, -0.2) is 0 Å². The van der Waals surface area contributed by atoms with E-state index in [9.17, 15) is 5.11 Å². The molecule has 0 spiro atoms. The molecule has 96 valence electrons. The number of aliphatic hydroxyl groups is 1. The SMILES string of the molecule is [2H]N(C)[C@H]1C(O)O[C@H](COC)[C@@H](OC)[C@@H]1OC. The van der Waals surface area contributed by atoms with Crippen LogP contribution in [0, 0.1) is 0 Å². The number of hydrogen-bond donors (Lipinski definition) is 2. The van der Waals surface area contributed by atoms with E-state index >= 15 is 0 Å². The Kier molecular flexibility index (Phi) is 4.95. The summed E-state index contributed by atoms with van der Waals surface area (Å²) in [6.07, 6.45) is -2.36. The molecule has 0 aromatic rings. The lowest BCUT2D eigenvalue weighted by Gasteiger charge is -2.43. The number of likely N-dealkylation sites (N-methyl/N-ethyl adjacent to an activating group) is 1. The monoisotopic (exact) mass is 236 g/mol. The average molecular weight is 236 g/mol. The van der Waals surface area contributed by atoms with Gasteiger partial charge in [0.25, 0.3) is 0 Å². The first-order valence-corrected chi connectivity index (χ1v) is 5.16. The van der Waals surface area contributed by atoms with Crippen LogP contribution < -0.4 is 5.31 Å². The van der Waals surface area contributed by atoms with E-state index in [0.29, 0.717) is 6.61 Å². The molecule has 6 nitrogen and oxygen atoms in total. The summed E-state index contributed by atoms with van der Waals surface area (Å²) in [5.41, 5.74) is 0. The molecule has 1 unspecified atom stereocenters. The second kappa shape index (κ2) is 6.48. The molecule has 1 saturated heterocycles. The van der Waals surface area contributed by atoms with Crippen LogP contribution in [0.3, 0.4) is 0 Å². The third kappa shape index (κ3) is 2.71. The first-order chi connectivity index (χ1) is 8.06. The molecule has 2 N–H and O–H groups in total. The van der Waals surface area contributed by atoms with Crippen LogP contribution in [0.2, 0.25) is 1.41 Å². The number of nitrogens with one attached hydrogen (secondary N) is 1. The Morgan fingerprint density at radius 3 is 2.38 bits per heavy atom. The minimum absolute atomic E-state index is 0.295. The van der Waals surface area contributed by atoms with E-state index in [1.807, 2.05) is 0 Å². The Hall–Kier alpha value is -0.240. The van der Waals surface area contributed by atoms with Gasteiger partial charge in [-0.2, -0.15) is 0 Å². The predicted octanol–water partition coefficient (Wildman–Crippen LogP) is -1.03. The number of aliphatic hydroxyl groups excluding tert-OH is 1. The molecule has 0 aromatic heterocycles. The summed E-state index contributed by atoms with van der Waals surface area (Å²) < 4.78 is 28.7. The van der Waals surface area contributed by atoms with Crippen LogP contribution in [0.15, 0.2) is 0 Å². The molecule has 1 aliphatic rings. The Balaban J connectivity index is 2.86. The summed E-state index contributed by atoms with van der Waals surface area (Å²) in [5, 5.41) is 11.0. The normalized spacial score (nSPS) is 41.1. The van der Waals surface area contributed by atoms with Gasteiger partial charge in [-0.15, -0.1) is 0 Å². The second-order valence-corrected chi connectivity index (χ2v) is 3.67. The zero-order valence-electron chi connectivity index (χ0n) is 11.1. The molecule has 5 atom stereocenters. The quantitative estimate of drug-likeness (QED) is 0.636. The van der Waals surface area contributed by atoms with Crippen LogP contribution >= 0.6 is 0 Å². The number of ether oxygens (including phenoxy) is 4. The average Bonchev–Trinajstić information content (AvgIpc) is 2.27. The molecule has 1 aliphatic heterocycles. The highest BCUT2D eigenvalue weighted by atomic mass is 16.6. The van der Waals surface area contributed by atoms with Gasteiger partial charge in [-0.3, -0.25) is 0 Å². The van der Waals surface area contributed by atoms with Crippen LogP contribution in [0.4, 0.5) is 0 Å². The molecule has 0 aromatic carbocycles. The van der Waals surface area contributed by atoms with Crippen LogP contribution in [0.25, 0.3) is 0 Å². The van der Waals surface area contributed by atoms with Crippen molar-refractivity contribution in [1.82, 2.24) is 5.31 Å². The molecule has 1 heterocycles. The van der Waals surface area contributed by atoms with Crippen molar-refractivity contribution in [3.8, 4) is 0 Å². The van der Waals surface area contributed by atoms with Gasteiger partial charge < -0.3 is 29.4 Å². The maximum absolute atomic E-state index is 9.88. The van der Waals surface area contributed by atoms with Crippen molar-refractivity contribution in [2.75, 3.05) is 35.0 Å². The van der Waals surface area contributed by atoms with Crippen LogP contribution in [0.1, 0.15) is 0 Å². The van der Waals surface area contributed by atoms with Crippen molar-refractivity contribution in [3.63, 3.8) is 0 Å². The van der Waals surface area contributed by atoms with E-state index in [4.69, 9.17) is 20.4 Å². The van der Waals surface area contributed by atoms with Gasteiger partial charge in [0.15, 0.2) is 6.29 Å². The second-order valence-electron chi connectivity index (χ2n) is 3.67. The van der Waals surface area contributed by atoms with Crippen molar-refractivity contribution in [3.05, 3.63) is 0 Å². The van der Waals surface area contributed by atoms with E-state index in [0.717, 1.165) is 5.31 Å². The van der Waals surface area contributed by atoms with Gasteiger partial charge in [-0.05, 0) is 7.05 Å². The number of methoxy groups -OCH3 is 3. The largest absolute Gasteiger partial charge is 0.382 e. The summed E-state index contributed by atoms with van der Waals surface area (Å²) in [7, 11) is 6.15. The lowest BCUT2D eigenvalue weighted by Crippen LogP contribution is -2.63. The standard InChI is InChI=1S/C10H21NO5/c1-11-7-9(15-4)8(14-3)6(5-13-2)16-10(7)12/h6-12H,5H2,1-4H3/t6-,7-,8-,9-,10?/m1/s1/i/hD. The smallest absolute Gasteiger partial charge is 0.173 e. The molecule has 0 bridgehead atoms. The third-order valence-corrected chi connectivity index (χ3v) is 2.81. The topological polar surface area (TPSA) is 69.2 Å². The molecule has 0 aliphatic carbocycles. The maximum atomic E-state index is 9.88. The van der Waals surface area contributed by atoms with E-state index < -0.39 is 24.5 Å². The van der Waals surface area contributed by atoms with Crippen LogP contribution in [-0.4, -0.2) is 70.7 Å². The van der Waals surface area contributed by atoms with E-state index in [2.05, 4.69) is 0 Å². The fourth-order valence-electron chi connectivity index (χ4n) is 2.04. The van der Waals surface area contributed by atoms with Gasteiger partial charge in [0.2, 0.25) is 0 Å². The Bertz CT molecular complexity index is 231. The minimum atomic E-state index is -1.10. The molecule has 0 radical (unpaired) electrons. The Labute approximate surface area is 97.3 Å². The summed E-state index contributed by atoms with van der Waals surface area (Å²) >= 11 is 0. The van der Waals surface area contributed by atoms with Crippen molar-refractivity contribution in [2.24, 2.45) is 0 Å². The van der Waals surface area contributed by atoms with Crippen molar-refractivity contribution >= 4 is 0 Å². The van der Waals surface area contributed by atoms with Crippen molar-refractivity contribution in [2.45, 2.75) is 30.6 Å². The van der Waals surface area contributed by atoms with Crippen molar-refractivity contribution in [1.29, 1.82) is 0 Å². The third-order valence-electron chi connectivity index (χ3n) is 2.81. The Morgan fingerprint density at radius 1 is 1.31 bits per heavy atom. The number of hydrogen-bond acceptors (Lipinski definition) is 6. The molecule has 6 heteroatoms. The predicted molar refractivity (Wildman–Crippen MR) is 57.2 cm³/mol. The van der Waals surface area contributed by atoms with Crippen LogP contribution in [0.5, 0.6) is 0 Å². The van der Waals surface area contributed by atoms with Gasteiger partial charge in [0.05, 0.1) is 12.6 Å². The first-order valence-electron chi connectivity index (χ1n) is 5.61. The maximum Gasteiger partial charge on any atom is 0.173 e. The molecular formula is C10H21NO5. The lowest BCUT2D eigenvalue weighted by molar-refractivity contribution is -0.264. The zero-order valence-corrected chi connectivity index (χ0v) is 10.1. The highest BCUT2D eigenvalue weighted by Gasteiger charge is 2.45.